The summed E-state index contributed by atoms with van der Waals surface area (Å²) in [5, 5.41) is 24.0. The van der Waals surface area contributed by atoms with E-state index in [0.29, 0.717) is 11.8 Å². The number of hydrogen-bond donors (Lipinski definition) is 1. The number of nitrogens with one attached hydrogen (secondary N) is 1. The van der Waals surface area contributed by atoms with E-state index in [2.05, 4.69) is 68.6 Å². The van der Waals surface area contributed by atoms with Crippen LogP contribution in [0, 0.1) is 74.9 Å². The smallest absolute Gasteiger partial charge is 0.226 e. The molecule has 0 saturated heterocycles. The zero-order valence-electron chi connectivity index (χ0n) is 22.2. The van der Waals surface area contributed by atoms with Crippen LogP contribution in [0.3, 0.4) is 0 Å². The molecule has 4 nitrogen and oxygen atoms in total. The van der Waals surface area contributed by atoms with E-state index in [1.165, 1.54) is 31.2 Å². The van der Waals surface area contributed by atoms with E-state index < -0.39 is 11.3 Å². The van der Waals surface area contributed by atoms with Crippen molar-refractivity contribution in [3.63, 3.8) is 0 Å². The Morgan fingerprint density at radius 3 is 2.08 bits per heavy atom. The summed E-state index contributed by atoms with van der Waals surface area (Å²) in [4.78, 5) is 14.0. The van der Waals surface area contributed by atoms with Gasteiger partial charge in [0.1, 0.15) is 0 Å². The van der Waals surface area contributed by atoms with E-state index in [4.69, 9.17) is 0 Å². The summed E-state index contributed by atoms with van der Waals surface area (Å²) in [7, 11) is 0. The molecule has 6 fully saturated rings. The summed E-state index contributed by atoms with van der Waals surface area (Å²) >= 11 is 0. The SMILES string of the molecule is C[C@@H]1CC[C@@H](C(C)(C)c2ccccc2)[C@H](NC(=O)[C@@H]2[C@@H](C34CC5CC(CC(C5)C3)C4)C2(C#N)C#N)C1. The Hall–Kier alpha value is -2.33. The summed E-state index contributed by atoms with van der Waals surface area (Å²) in [6.07, 6.45) is 10.6. The van der Waals surface area contributed by atoms with Crippen molar-refractivity contribution in [3.8, 4) is 12.1 Å². The Bertz CT molecular complexity index is 1060. The highest BCUT2D eigenvalue weighted by Crippen LogP contribution is 2.75. The van der Waals surface area contributed by atoms with Crippen LogP contribution in [0.5, 0.6) is 0 Å². The largest absolute Gasteiger partial charge is 0.353 e. The van der Waals surface area contributed by atoms with Gasteiger partial charge in [-0.25, -0.2) is 0 Å². The molecule has 36 heavy (non-hydrogen) atoms. The molecule has 0 unspecified atom stereocenters. The Kier molecular flexibility index (Phi) is 5.57. The van der Waals surface area contributed by atoms with Crippen LogP contribution in [-0.2, 0) is 10.2 Å². The first kappa shape index (κ1) is 24.0. The molecule has 6 saturated carbocycles. The lowest BCUT2D eigenvalue weighted by molar-refractivity contribution is -0.126. The highest BCUT2D eigenvalue weighted by molar-refractivity contribution is 5.86. The number of carbonyl (C=O) groups excluding carboxylic acids is 1. The average Bonchev–Trinajstić information content (AvgIpc) is 3.55. The van der Waals surface area contributed by atoms with Crippen molar-refractivity contribution >= 4 is 5.91 Å². The van der Waals surface area contributed by atoms with Crippen LogP contribution in [-0.4, -0.2) is 11.9 Å². The lowest BCUT2D eigenvalue weighted by atomic mass is 9.47. The third-order valence-corrected chi connectivity index (χ3v) is 11.5. The van der Waals surface area contributed by atoms with Crippen LogP contribution < -0.4 is 5.32 Å². The maximum absolute atomic E-state index is 14.0. The number of rotatable bonds is 5. The van der Waals surface area contributed by atoms with Crippen molar-refractivity contribution in [3.05, 3.63) is 35.9 Å². The lowest BCUT2D eigenvalue weighted by Crippen LogP contribution is -2.51. The standard InChI is InChI=1S/C32H41N3O/c1-20-9-10-25(30(2,3)24-7-5-4-6-8-24)26(11-20)35-29(36)27-28(32(27,18-33)19-34)31-15-21-12-22(16-31)14-23(13-21)17-31/h4-8,20-23,25-28H,9-17H2,1-3H3,(H,35,36)/t20-,21?,22?,23?,25-,26-,27+,28+,31?/m1/s1. The van der Waals surface area contributed by atoms with E-state index in [1.54, 1.807) is 0 Å². The zero-order chi connectivity index (χ0) is 25.3. The number of amides is 1. The van der Waals surface area contributed by atoms with E-state index in [-0.39, 0.29) is 28.7 Å². The minimum Gasteiger partial charge on any atom is -0.353 e. The molecule has 7 rings (SSSR count). The van der Waals surface area contributed by atoms with Gasteiger partial charge in [-0.05, 0) is 97.3 Å². The van der Waals surface area contributed by atoms with Gasteiger partial charge in [-0.15, -0.1) is 0 Å². The zero-order valence-corrected chi connectivity index (χ0v) is 22.2. The minimum absolute atomic E-state index is 0.0215. The Morgan fingerprint density at radius 1 is 0.944 bits per heavy atom. The summed E-state index contributed by atoms with van der Waals surface area (Å²) in [6, 6.07) is 15.5. The molecule has 1 amide bonds. The predicted octanol–water partition coefficient (Wildman–Crippen LogP) is 6.38. The molecule has 5 atom stereocenters. The Labute approximate surface area is 216 Å². The second kappa shape index (κ2) is 8.34. The third kappa shape index (κ3) is 3.55. The molecule has 4 heteroatoms. The van der Waals surface area contributed by atoms with Crippen LogP contribution in [0.1, 0.15) is 84.1 Å². The van der Waals surface area contributed by atoms with Gasteiger partial charge in [0.15, 0.2) is 5.41 Å². The molecule has 190 valence electrons. The van der Waals surface area contributed by atoms with Crippen molar-refractivity contribution in [2.45, 2.75) is 90.0 Å². The summed E-state index contributed by atoms with van der Waals surface area (Å²) < 4.78 is 0. The molecule has 0 spiro atoms. The van der Waals surface area contributed by atoms with Crippen molar-refractivity contribution in [1.82, 2.24) is 5.32 Å². The topological polar surface area (TPSA) is 76.7 Å². The second-order valence-corrected chi connectivity index (χ2v) is 14.1. The molecule has 1 aromatic rings. The van der Waals surface area contributed by atoms with Gasteiger partial charge in [-0.2, -0.15) is 10.5 Å². The molecule has 1 aromatic carbocycles. The maximum Gasteiger partial charge on any atom is 0.226 e. The van der Waals surface area contributed by atoms with Crippen LogP contribution >= 0.6 is 0 Å². The number of benzene rings is 1. The number of carbonyl (C=O) groups is 1. The highest BCUT2D eigenvalue weighted by atomic mass is 16.2. The van der Waals surface area contributed by atoms with Gasteiger partial charge in [0.05, 0.1) is 18.1 Å². The van der Waals surface area contributed by atoms with E-state index in [1.807, 2.05) is 0 Å². The van der Waals surface area contributed by atoms with Crippen LogP contribution in [0.15, 0.2) is 30.3 Å². The predicted molar refractivity (Wildman–Crippen MR) is 139 cm³/mol. The number of hydrogen-bond acceptors (Lipinski definition) is 3. The van der Waals surface area contributed by atoms with E-state index in [0.717, 1.165) is 49.9 Å². The normalized spacial score (nSPS) is 42.2. The van der Waals surface area contributed by atoms with Gasteiger partial charge in [0.2, 0.25) is 5.91 Å². The summed E-state index contributed by atoms with van der Waals surface area (Å²) in [5.41, 5.74) is 0.139. The molecular weight excluding hydrogens is 442 g/mol. The number of nitriles is 2. The van der Waals surface area contributed by atoms with Gasteiger partial charge in [-0.1, -0.05) is 57.5 Å². The van der Waals surface area contributed by atoms with Gasteiger partial charge < -0.3 is 5.32 Å². The molecular formula is C32H41N3O. The first-order valence-electron chi connectivity index (χ1n) is 14.4. The van der Waals surface area contributed by atoms with Gasteiger partial charge >= 0.3 is 0 Å². The Balaban J connectivity index is 1.26. The van der Waals surface area contributed by atoms with Crippen molar-refractivity contribution in [2.75, 3.05) is 0 Å². The second-order valence-electron chi connectivity index (χ2n) is 14.1. The minimum atomic E-state index is -1.14. The van der Waals surface area contributed by atoms with E-state index in [9.17, 15) is 15.3 Å². The van der Waals surface area contributed by atoms with Crippen molar-refractivity contribution in [1.29, 1.82) is 10.5 Å². The van der Waals surface area contributed by atoms with Crippen LogP contribution in [0.4, 0.5) is 0 Å². The van der Waals surface area contributed by atoms with Crippen LogP contribution in [0.2, 0.25) is 0 Å². The molecule has 6 aliphatic carbocycles. The quantitative estimate of drug-likeness (QED) is 0.528. The molecule has 6 aliphatic rings. The average molecular weight is 484 g/mol. The third-order valence-electron chi connectivity index (χ3n) is 11.5. The maximum atomic E-state index is 14.0. The van der Waals surface area contributed by atoms with Gasteiger partial charge in [-0.3, -0.25) is 4.79 Å². The number of nitrogens with zero attached hydrogens (tertiary/aromatic N) is 2. The fourth-order valence-electron chi connectivity index (χ4n) is 10.2. The van der Waals surface area contributed by atoms with Crippen molar-refractivity contribution < 1.29 is 4.79 Å². The van der Waals surface area contributed by atoms with E-state index >= 15 is 0 Å². The van der Waals surface area contributed by atoms with Gasteiger partial charge in [0, 0.05) is 12.0 Å². The fourth-order valence-corrected chi connectivity index (χ4v) is 10.2. The summed E-state index contributed by atoms with van der Waals surface area (Å²) in [6.45, 7) is 6.91. The van der Waals surface area contributed by atoms with Crippen LogP contribution in [0.25, 0.3) is 0 Å². The highest BCUT2D eigenvalue weighted by Gasteiger charge is 2.78. The molecule has 4 bridgehead atoms. The van der Waals surface area contributed by atoms with Crippen molar-refractivity contribution in [2.24, 2.45) is 52.3 Å². The lowest BCUT2D eigenvalue weighted by Gasteiger charge is -2.57. The summed E-state index contributed by atoms with van der Waals surface area (Å²) in [5.74, 6) is 2.54. The molecule has 0 heterocycles. The monoisotopic (exact) mass is 483 g/mol. The first-order valence-corrected chi connectivity index (χ1v) is 14.4. The van der Waals surface area contributed by atoms with Gasteiger partial charge in [0.25, 0.3) is 0 Å². The molecule has 0 aromatic heterocycles. The molecule has 0 aliphatic heterocycles. The molecule has 0 radical (unpaired) electrons. The first-order chi connectivity index (χ1) is 17.2. The Morgan fingerprint density at radius 2 is 1.53 bits per heavy atom. The fraction of sp³-hybridized carbons (Fsp3) is 0.719. The molecule has 1 N–H and O–H groups in total.